The SMILES string of the molecule is CC1CC1CN(C)C(CN)CC(N)=O. The fourth-order valence-electron chi connectivity index (χ4n) is 1.82. The van der Waals surface area contributed by atoms with Crippen molar-refractivity contribution in [1.82, 2.24) is 4.90 Å². The van der Waals surface area contributed by atoms with Crippen molar-refractivity contribution in [2.45, 2.75) is 25.8 Å². The molecule has 0 aromatic carbocycles. The van der Waals surface area contributed by atoms with Gasteiger partial charge in [-0.05, 0) is 25.3 Å². The Bertz CT molecular complexity index is 208. The maximum absolute atomic E-state index is 10.8. The highest BCUT2D eigenvalue weighted by molar-refractivity contribution is 5.74. The number of nitrogens with two attached hydrogens (primary N) is 2. The van der Waals surface area contributed by atoms with Crippen LogP contribution < -0.4 is 11.5 Å². The van der Waals surface area contributed by atoms with Crippen molar-refractivity contribution >= 4 is 5.91 Å². The number of carbonyl (C=O) groups excluding carboxylic acids is 1. The van der Waals surface area contributed by atoms with E-state index in [1.807, 2.05) is 7.05 Å². The average Bonchev–Trinajstić information content (AvgIpc) is 2.77. The van der Waals surface area contributed by atoms with Crippen LogP contribution in [0.2, 0.25) is 0 Å². The summed E-state index contributed by atoms with van der Waals surface area (Å²) >= 11 is 0. The van der Waals surface area contributed by atoms with Crippen LogP contribution in [0.5, 0.6) is 0 Å². The van der Waals surface area contributed by atoms with Crippen LogP contribution in [0.4, 0.5) is 0 Å². The Morgan fingerprint density at radius 3 is 2.57 bits per heavy atom. The summed E-state index contributed by atoms with van der Waals surface area (Å²) in [7, 11) is 2.02. The highest BCUT2D eigenvalue weighted by Gasteiger charge is 2.34. The molecular formula is C10H21N3O. The number of hydrogen-bond donors (Lipinski definition) is 2. The van der Waals surface area contributed by atoms with E-state index >= 15 is 0 Å². The van der Waals surface area contributed by atoms with E-state index in [0.717, 1.165) is 18.4 Å². The molecule has 4 N–H and O–H groups in total. The van der Waals surface area contributed by atoms with E-state index in [1.54, 1.807) is 0 Å². The topological polar surface area (TPSA) is 72.3 Å². The maximum atomic E-state index is 10.8. The summed E-state index contributed by atoms with van der Waals surface area (Å²) < 4.78 is 0. The van der Waals surface area contributed by atoms with Gasteiger partial charge in [-0.15, -0.1) is 0 Å². The molecular weight excluding hydrogens is 178 g/mol. The van der Waals surface area contributed by atoms with Crippen molar-refractivity contribution in [3.05, 3.63) is 0 Å². The molecule has 4 nitrogen and oxygen atoms in total. The van der Waals surface area contributed by atoms with Crippen molar-refractivity contribution in [1.29, 1.82) is 0 Å². The van der Waals surface area contributed by atoms with Gasteiger partial charge in [-0.1, -0.05) is 6.92 Å². The zero-order valence-electron chi connectivity index (χ0n) is 9.07. The Labute approximate surface area is 85.6 Å². The zero-order chi connectivity index (χ0) is 10.7. The molecule has 1 fully saturated rings. The number of primary amides is 1. The molecule has 0 aromatic heterocycles. The monoisotopic (exact) mass is 199 g/mol. The second-order valence-corrected chi connectivity index (χ2v) is 4.47. The van der Waals surface area contributed by atoms with Crippen molar-refractivity contribution in [3.63, 3.8) is 0 Å². The highest BCUT2D eigenvalue weighted by Crippen LogP contribution is 2.38. The molecule has 4 heteroatoms. The van der Waals surface area contributed by atoms with Gasteiger partial charge in [0, 0.05) is 25.6 Å². The standard InChI is InChI=1S/C10H21N3O/c1-7-3-8(7)6-13(2)9(5-11)4-10(12)14/h7-9H,3-6,11H2,1-2H3,(H2,12,14). The largest absolute Gasteiger partial charge is 0.370 e. The molecule has 0 heterocycles. The summed E-state index contributed by atoms with van der Waals surface area (Å²) in [5.74, 6) is 1.36. The molecule has 0 spiro atoms. The maximum Gasteiger partial charge on any atom is 0.219 e. The predicted octanol–water partition coefficient (Wildman–Crippen LogP) is -0.223. The summed E-state index contributed by atoms with van der Waals surface area (Å²) in [6, 6.07) is 0.111. The molecule has 1 amide bonds. The van der Waals surface area contributed by atoms with Gasteiger partial charge < -0.3 is 16.4 Å². The Hall–Kier alpha value is -0.610. The van der Waals surface area contributed by atoms with E-state index in [0.29, 0.717) is 13.0 Å². The molecule has 14 heavy (non-hydrogen) atoms. The molecule has 82 valence electrons. The molecule has 0 aliphatic heterocycles. The number of amides is 1. The minimum atomic E-state index is -0.267. The quantitative estimate of drug-likeness (QED) is 0.621. The van der Waals surface area contributed by atoms with E-state index in [-0.39, 0.29) is 11.9 Å². The van der Waals surface area contributed by atoms with Crippen LogP contribution in [0.1, 0.15) is 19.8 Å². The van der Waals surface area contributed by atoms with E-state index < -0.39 is 0 Å². The van der Waals surface area contributed by atoms with Gasteiger partial charge >= 0.3 is 0 Å². The first-order valence-corrected chi connectivity index (χ1v) is 5.23. The minimum absolute atomic E-state index is 0.111. The third kappa shape index (κ3) is 3.27. The Kier molecular flexibility index (Phi) is 3.89. The van der Waals surface area contributed by atoms with Crippen LogP contribution in [-0.2, 0) is 4.79 Å². The summed E-state index contributed by atoms with van der Waals surface area (Å²) in [6.45, 7) is 3.79. The van der Waals surface area contributed by atoms with Gasteiger partial charge in [0.25, 0.3) is 0 Å². The van der Waals surface area contributed by atoms with Gasteiger partial charge in [-0.3, -0.25) is 4.79 Å². The van der Waals surface area contributed by atoms with Crippen LogP contribution in [0, 0.1) is 11.8 Å². The van der Waals surface area contributed by atoms with Crippen LogP contribution in [0.3, 0.4) is 0 Å². The normalized spacial score (nSPS) is 27.7. The van der Waals surface area contributed by atoms with Gasteiger partial charge in [0.1, 0.15) is 0 Å². The average molecular weight is 199 g/mol. The van der Waals surface area contributed by atoms with Crippen LogP contribution in [0.25, 0.3) is 0 Å². The number of likely N-dealkylation sites (N-methyl/N-ethyl adjacent to an activating group) is 1. The van der Waals surface area contributed by atoms with E-state index in [4.69, 9.17) is 11.5 Å². The second kappa shape index (κ2) is 4.75. The first-order chi connectivity index (χ1) is 6.54. The summed E-state index contributed by atoms with van der Waals surface area (Å²) in [4.78, 5) is 12.9. The van der Waals surface area contributed by atoms with E-state index in [2.05, 4.69) is 11.8 Å². The molecule has 3 unspecified atom stereocenters. The second-order valence-electron chi connectivity index (χ2n) is 4.47. The molecule has 0 aromatic rings. The Morgan fingerprint density at radius 2 is 2.21 bits per heavy atom. The van der Waals surface area contributed by atoms with Crippen molar-refractivity contribution in [2.24, 2.45) is 23.3 Å². The molecule has 1 saturated carbocycles. The smallest absolute Gasteiger partial charge is 0.219 e. The lowest BCUT2D eigenvalue weighted by Crippen LogP contribution is -2.41. The number of nitrogens with zero attached hydrogens (tertiary/aromatic N) is 1. The molecule has 0 saturated heterocycles. The van der Waals surface area contributed by atoms with E-state index in [1.165, 1.54) is 6.42 Å². The molecule has 1 aliphatic rings. The molecule has 0 radical (unpaired) electrons. The van der Waals surface area contributed by atoms with Gasteiger partial charge in [0.05, 0.1) is 0 Å². The Balaban J connectivity index is 2.31. The third-order valence-corrected chi connectivity index (χ3v) is 3.13. The molecule has 1 aliphatic carbocycles. The van der Waals surface area contributed by atoms with E-state index in [9.17, 15) is 4.79 Å². The number of carbonyl (C=O) groups is 1. The van der Waals surface area contributed by atoms with Crippen molar-refractivity contribution in [3.8, 4) is 0 Å². The zero-order valence-corrected chi connectivity index (χ0v) is 9.07. The number of rotatable bonds is 6. The summed E-state index contributed by atoms with van der Waals surface area (Å²) in [6.07, 6.45) is 1.67. The van der Waals surface area contributed by atoms with Crippen LogP contribution in [0.15, 0.2) is 0 Å². The molecule has 0 bridgehead atoms. The van der Waals surface area contributed by atoms with Gasteiger partial charge in [-0.2, -0.15) is 0 Å². The first kappa shape index (κ1) is 11.5. The lowest BCUT2D eigenvalue weighted by molar-refractivity contribution is -0.119. The number of hydrogen-bond acceptors (Lipinski definition) is 3. The fraction of sp³-hybridized carbons (Fsp3) is 0.900. The first-order valence-electron chi connectivity index (χ1n) is 5.23. The summed E-state index contributed by atoms with van der Waals surface area (Å²) in [5, 5.41) is 0. The van der Waals surface area contributed by atoms with Crippen molar-refractivity contribution < 1.29 is 4.79 Å². The lowest BCUT2D eigenvalue weighted by Gasteiger charge is -2.25. The van der Waals surface area contributed by atoms with Gasteiger partial charge in [-0.25, -0.2) is 0 Å². The van der Waals surface area contributed by atoms with Gasteiger partial charge in [0.15, 0.2) is 0 Å². The van der Waals surface area contributed by atoms with Crippen LogP contribution >= 0.6 is 0 Å². The van der Waals surface area contributed by atoms with Crippen LogP contribution in [-0.4, -0.2) is 37.0 Å². The predicted molar refractivity (Wildman–Crippen MR) is 56.6 cm³/mol. The lowest BCUT2D eigenvalue weighted by atomic mass is 10.1. The van der Waals surface area contributed by atoms with Gasteiger partial charge in [0.2, 0.25) is 5.91 Å². The highest BCUT2D eigenvalue weighted by atomic mass is 16.1. The van der Waals surface area contributed by atoms with Crippen molar-refractivity contribution in [2.75, 3.05) is 20.1 Å². The molecule has 1 rings (SSSR count). The fourth-order valence-corrected chi connectivity index (χ4v) is 1.82. The Morgan fingerprint density at radius 1 is 1.64 bits per heavy atom. The minimum Gasteiger partial charge on any atom is -0.370 e. The third-order valence-electron chi connectivity index (χ3n) is 3.13. The molecule has 3 atom stereocenters. The summed E-state index contributed by atoms with van der Waals surface area (Å²) in [5.41, 5.74) is 10.8.